The molecule has 27 heavy (non-hydrogen) atoms. The molecule has 3 heterocycles. The average molecular weight is 367 g/mol. The minimum absolute atomic E-state index is 0.152. The van der Waals surface area contributed by atoms with Gasteiger partial charge in [0.25, 0.3) is 0 Å². The fourth-order valence-corrected chi connectivity index (χ4v) is 5.41. The molecule has 3 fully saturated rings. The molecule has 5 rings (SSSR count). The van der Waals surface area contributed by atoms with Crippen molar-refractivity contribution in [1.82, 2.24) is 20.3 Å². The summed E-state index contributed by atoms with van der Waals surface area (Å²) in [5, 5.41) is 4.38. The Morgan fingerprint density at radius 2 is 2.22 bits per heavy atom. The number of amides is 1. The highest BCUT2D eigenvalue weighted by atomic mass is 16.1. The van der Waals surface area contributed by atoms with E-state index >= 15 is 0 Å². The van der Waals surface area contributed by atoms with E-state index in [0.717, 1.165) is 61.7 Å². The van der Waals surface area contributed by atoms with E-state index in [1.165, 1.54) is 19.3 Å². The van der Waals surface area contributed by atoms with E-state index in [1.54, 1.807) is 6.33 Å². The Morgan fingerprint density at radius 3 is 3.00 bits per heavy atom. The summed E-state index contributed by atoms with van der Waals surface area (Å²) < 4.78 is 0. The van der Waals surface area contributed by atoms with E-state index in [-0.39, 0.29) is 11.3 Å². The molecule has 6 heteroatoms. The first-order chi connectivity index (χ1) is 13.1. The van der Waals surface area contributed by atoms with Crippen LogP contribution < -0.4 is 10.2 Å². The number of carbonyl (C=O) groups is 1. The third-order valence-electron chi connectivity index (χ3n) is 7.14. The maximum Gasteiger partial charge on any atom is 0.223 e. The normalized spacial score (nSPS) is 29.4. The summed E-state index contributed by atoms with van der Waals surface area (Å²) in [6, 6.07) is 2.05. The molecule has 1 saturated heterocycles. The summed E-state index contributed by atoms with van der Waals surface area (Å²) in [7, 11) is 0. The van der Waals surface area contributed by atoms with Crippen LogP contribution >= 0.6 is 0 Å². The van der Waals surface area contributed by atoms with E-state index in [0.29, 0.717) is 11.8 Å². The van der Waals surface area contributed by atoms with Crippen LogP contribution in [0, 0.1) is 23.2 Å². The lowest BCUT2D eigenvalue weighted by Crippen LogP contribution is -2.48. The van der Waals surface area contributed by atoms with E-state index in [2.05, 4.69) is 32.1 Å². The van der Waals surface area contributed by atoms with Crippen molar-refractivity contribution in [2.24, 2.45) is 23.2 Å². The number of aromatic nitrogens is 3. The van der Waals surface area contributed by atoms with Crippen molar-refractivity contribution in [3.05, 3.63) is 18.6 Å². The lowest BCUT2D eigenvalue weighted by molar-refractivity contribution is -0.128. The fourth-order valence-electron chi connectivity index (χ4n) is 5.41. The quantitative estimate of drug-likeness (QED) is 0.871. The Hall–Kier alpha value is -2.11. The third-order valence-corrected chi connectivity index (χ3v) is 7.14. The number of nitrogens with one attached hydrogen (secondary N) is 2. The molecule has 2 aromatic rings. The minimum Gasteiger partial charge on any atom is -0.356 e. The summed E-state index contributed by atoms with van der Waals surface area (Å²) in [6.07, 6.45) is 10.6. The predicted octanol–water partition coefficient (Wildman–Crippen LogP) is 3.12. The summed E-state index contributed by atoms with van der Waals surface area (Å²) in [4.78, 5) is 27.3. The van der Waals surface area contributed by atoms with Crippen molar-refractivity contribution >= 4 is 22.8 Å². The molecule has 6 nitrogen and oxygen atoms in total. The molecule has 2 saturated carbocycles. The van der Waals surface area contributed by atoms with Crippen LogP contribution in [0.4, 0.5) is 5.82 Å². The first-order valence-corrected chi connectivity index (χ1v) is 10.5. The van der Waals surface area contributed by atoms with E-state index in [9.17, 15) is 4.79 Å². The number of aromatic amines is 1. The molecule has 144 valence electrons. The Balaban J connectivity index is 1.26. The average Bonchev–Trinajstić information content (AvgIpc) is 3.08. The number of H-pyrrole nitrogens is 1. The summed E-state index contributed by atoms with van der Waals surface area (Å²) in [6.45, 7) is 5.01. The topological polar surface area (TPSA) is 73.9 Å². The zero-order valence-corrected chi connectivity index (χ0v) is 16.1. The molecular weight excluding hydrogens is 338 g/mol. The van der Waals surface area contributed by atoms with E-state index < -0.39 is 0 Å². The summed E-state index contributed by atoms with van der Waals surface area (Å²) in [5.74, 6) is 2.97. The highest BCUT2D eigenvalue weighted by Crippen LogP contribution is 2.56. The monoisotopic (exact) mass is 367 g/mol. The number of fused-ring (bicyclic) bond motifs is 1. The molecule has 3 atom stereocenters. The van der Waals surface area contributed by atoms with Gasteiger partial charge in [0.15, 0.2) is 0 Å². The maximum atomic E-state index is 12.9. The van der Waals surface area contributed by atoms with Gasteiger partial charge in [0, 0.05) is 31.7 Å². The van der Waals surface area contributed by atoms with Crippen molar-refractivity contribution in [1.29, 1.82) is 0 Å². The molecule has 0 aromatic carbocycles. The van der Waals surface area contributed by atoms with E-state index in [4.69, 9.17) is 0 Å². The van der Waals surface area contributed by atoms with Gasteiger partial charge in [0.05, 0.1) is 5.39 Å². The minimum atomic E-state index is 0.152. The van der Waals surface area contributed by atoms with Gasteiger partial charge in [0.1, 0.15) is 17.8 Å². The van der Waals surface area contributed by atoms with Crippen molar-refractivity contribution in [2.45, 2.75) is 45.4 Å². The van der Waals surface area contributed by atoms with Crippen molar-refractivity contribution < 1.29 is 4.79 Å². The first-order valence-electron chi connectivity index (χ1n) is 10.5. The Bertz CT molecular complexity index is 842. The number of carbonyl (C=O) groups excluding carboxylic acids is 1. The molecule has 2 aliphatic carbocycles. The Labute approximate surface area is 160 Å². The molecule has 0 radical (unpaired) electrons. The van der Waals surface area contributed by atoms with Gasteiger partial charge in [-0.3, -0.25) is 4.79 Å². The number of anilines is 1. The van der Waals surface area contributed by atoms with Crippen LogP contribution in [0.3, 0.4) is 0 Å². The fraction of sp³-hybridized carbons (Fsp3) is 0.667. The Morgan fingerprint density at radius 1 is 1.33 bits per heavy atom. The van der Waals surface area contributed by atoms with Crippen LogP contribution in [0.2, 0.25) is 0 Å². The number of rotatable bonds is 4. The highest BCUT2D eigenvalue weighted by molar-refractivity contribution is 5.87. The lowest BCUT2D eigenvalue weighted by Gasteiger charge is -2.39. The number of nitrogens with zero attached hydrogens (tertiary/aromatic N) is 3. The molecule has 2 aromatic heterocycles. The molecule has 1 aliphatic heterocycles. The zero-order valence-electron chi connectivity index (χ0n) is 16.1. The summed E-state index contributed by atoms with van der Waals surface area (Å²) in [5.41, 5.74) is 1.04. The lowest BCUT2D eigenvalue weighted by atomic mass is 9.81. The van der Waals surface area contributed by atoms with Gasteiger partial charge in [-0.1, -0.05) is 13.3 Å². The molecule has 3 aliphatic rings. The van der Waals surface area contributed by atoms with Gasteiger partial charge in [-0.05, 0) is 55.4 Å². The predicted molar refractivity (Wildman–Crippen MR) is 105 cm³/mol. The van der Waals surface area contributed by atoms with Gasteiger partial charge >= 0.3 is 0 Å². The van der Waals surface area contributed by atoms with Gasteiger partial charge < -0.3 is 15.2 Å². The number of piperidine rings is 1. The molecule has 1 spiro atoms. The number of hydrogen-bond donors (Lipinski definition) is 2. The summed E-state index contributed by atoms with van der Waals surface area (Å²) >= 11 is 0. The largest absolute Gasteiger partial charge is 0.356 e. The number of hydrogen-bond acceptors (Lipinski definition) is 4. The third kappa shape index (κ3) is 3.09. The Kier molecular flexibility index (Phi) is 4.10. The molecule has 2 N–H and O–H groups in total. The zero-order chi connectivity index (χ0) is 18.4. The molecule has 2 unspecified atom stereocenters. The van der Waals surface area contributed by atoms with E-state index in [1.807, 2.05) is 12.3 Å². The van der Waals surface area contributed by atoms with Crippen molar-refractivity contribution in [2.75, 3.05) is 24.5 Å². The standard InChI is InChI=1S/C21H29N5O/c1-14-2-3-15(10-14)11-23-20(27)17-5-9-26(12-21(17)6-7-21)19-16-4-8-22-18(16)24-13-25-19/h4,8,13-15,17H,2-3,5-7,9-12H2,1H3,(H,23,27)(H,22,24,25)/t14-,15?,17?/m0/s1. The van der Waals surface area contributed by atoms with Crippen LogP contribution in [0.15, 0.2) is 18.6 Å². The van der Waals surface area contributed by atoms with Crippen LogP contribution in [0.5, 0.6) is 0 Å². The highest BCUT2D eigenvalue weighted by Gasteiger charge is 2.55. The second-order valence-corrected chi connectivity index (χ2v) is 9.09. The molecule has 0 bridgehead atoms. The van der Waals surface area contributed by atoms with Crippen molar-refractivity contribution in [3.63, 3.8) is 0 Å². The van der Waals surface area contributed by atoms with Crippen LogP contribution in [-0.2, 0) is 4.79 Å². The SMILES string of the molecule is C[C@H]1CCC(CNC(=O)C2CCN(c3ncnc4[nH]ccc34)CC23CC3)C1. The molecular formula is C21H29N5O. The van der Waals surface area contributed by atoms with Crippen LogP contribution in [0.25, 0.3) is 11.0 Å². The molecule has 1 amide bonds. The van der Waals surface area contributed by atoms with Crippen LogP contribution in [-0.4, -0.2) is 40.5 Å². The van der Waals surface area contributed by atoms with Gasteiger partial charge in [-0.15, -0.1) is 0 Å². The second-order valence-electron chi connectivity index (χ2n) is 9.09. The van der Waals surface area contributed by atoms with Gasteiger partial charge in [0.2, 0.25) is 5.91 Å². The first kappa shape index (κ1) is 17.0. The van der Waals surface area contributed by atoms with Crippen LogP contribution in [0.1, 0.15) is 45.4 Å². The smallest absolute Gasteiger partial charge is 0.223 e. The second kappa shape index (κ2) is 6.50. The maximum absolute atomic E-state index is 12.9. The van der Waals surface area contributed by atoms with Gasteiger partial charge in [-0.2, -0.15) is 0 Å². The van der Waals surface area contributed by atoms with Crippen molar-refractivity contribution in [3.8, 4) is 0 Å². The van der Waals surface area contributed by atoms with Gasteiger partial charge in [-0.25, -0.2) is 9.97 Å².